The summed E-state index contributed by atoms with van der Waals surface area (Å²) >= 11 is 0. The Labute approximate surface area is 116 Å². The fourth-order valence-corrected chi connectivity index (χ4v) is 2.33. The number of furan rings is 1. The Bertz CT molecular complexity index is 446. The second-order valence-electron chi connectivity index (χ2n) is 5.87. The van der Waals surface area contributed by atoms with Crippen LogP contribution in [0.2, 0.25) is 0 Å². The van der Waals surface area contributed by atoms with Gasteiger partial charge < -0.3 is 9.73 Å². The number of hydrogen-bond acceptors (Lipinski definition) is 3. The standard InChI is InChI=1S/C16H26N2O/c1-12(2)17-10-16-9-15(14(4)19-16)11-18-7-5-13(3)6-8-18/h5,9,12,17H,6-8,10-11H2,1-4H3. The van der Waals surface area contributed by atoms with Gasteiger partial charge in [-0.15, -0.1) is 0 Å². The molecule has 1 aliphatic rings. The molecule has 1 aliphatic heterocycles. The van der Waals surface area contributed by atoms with Gasteiger partial charge in [-0.2, -0.15) is 0 Å². The molecule has 3 heteroatoms. The normalized spacial score (nSPS) is 17.0. The Morgan fingerprint density at radius 1 is 1.37 bits per heavy atom. The summed E-state index contributed by atoms with van der Waals surface area (Å²) in [6.45, 7) is 12.6. The quantitative estimate of drug-likeness (QED) is 0.826. The maximum Gasteiger partial charge on any atom is 0.118 e. The third kappa shape index (κ3) is 4.22. The van der Waals surface area contributed by atoms with E-state index in [0.717, 1.165) is 37.7 Å². The zero-order chi connectivity index (χ0) is 13.8. The van der Waals surface area contributed by atoms with Crippen LogP contribution in [-0.2, 0) is 13.1 Å². The summed E-state index contributed by atoms with van der Waals surface area (Å²) in [5.74, 6) is 2.11. The van der Waals surface area contributed by atoms with Gasteiger partial charge in [-0.1, -0.05) is 25.5 Å². The first kappa shape index (κ1) is 14.4. The van der Waals surface area contributed by atoms with Crippen LogP contribution in [0, 0.1) is 6.92 Å². The predicted molar refractivity (Wildman–Crippen MR) is 79.1 cm³/mol. The minimum atomic E-state index is 0.490. The molecule has 0 aliphatic carbocycles. The largest absolute Gasteiger partial charge is 0.465 e. The molecule has 1 N–H and O–H groups in total. The van der Waals surface area contributed by atoms with Crippen LogP contribution in [0.3, 0.4) is 0 Å². The number of nitrogens with one attached hydrogen (secondary N) is 1. The number of aryl methyl sites for hydroxylation is 1. The molecule has 0 amide bonds. The van der Waals surface area contributed by atoms with Crippen molar-refractivity contribution >= 4 is 0 Å². The molecule has 0 aromatic carbocycles. The van der Waals surface area contributed by atoms with Crippen molar-refractivity contribution in [2.75, 3.05) is 13.1 Å². The molecule has 1 aromatic heterocycles. The molecule has 0 fully saturated rings. The highest BCUT2D eigenvalue weighted by Crippen LogP contribution is 2.19. The second kappa shape index (κ2) is 6.40. The molecule has 2 rings (SSSR count). The molecule has 0 spiro atoms. The van der Waals surface area contributed by atoms with Gasteiger partial charge in [-0.25, -0.2) is 0 Å². The summed E-state index contributed by atoms with van der Waals surface area (Å²) in [6.07, 6.45) is 3.53. The summed E-state index contributed by atoms with van der Waals surface area (Å²) in [5.41, 5.74) is 2.84. The average molecular weight is 262 g/mol. The second-order valence-corrected chi connectivity index (χ2v) is 5.87. The molecule has 3 nitrogen and oxygen atoms in total. The molecule has 0 bridgehead atoms. The van der Waals surface area contributed by atoms with Crippen LogP contribution in [0.1, 0.15) is 44.3 Å². The molecule has 106 valence electrons. The lowest BCUT2D eigenvalue weighted by Gasteiger charge is -2.24. The zero-order valence-corrected chi connectivity index (χ0v) is 12.6. The van der Waals surface area contributed by atoms with Gasteiger partial charge in [0.05, 0.1) is 6.54 Å². The predicted octanol–water partition coefficient (Wildman–Crippen LogP) is 3.24. The topological polar surface area (TPSA) is 28.4 Å². The molecule has 0 saturated heterocycles. The summed E-state index contributed by atoms with van der Waals surface area (Å²) in [6, 6.07) is 2.69. The SMILES string of the molecule is CC1=CCN(Cc2cc(CNC(C)C)oc2C)CC1. The van der Waals surface area contributed by atoms with E-state index < -0.39 is 0 Å². The van der Waals surface area contributed by atoms with E-state index in [1.165, 1.54) is 17.6 Å². The van der Waals surface area contributed by atoms with E-state index in [0.29, 0.717) is 6.04 Å². The van der Waals surface area contributed by atoms with Crippen LogP contribution in [0.5, 0.6) is 0 Å². The highest BCUT2D eigenvalue weighted by molar-refractivity contribution is 5.21. The molecule has 19 heavy (non-hydrogen) atoms. The van der Waals surface area contributed by atoms with Crippen LogP contribution >= 0.6 is 0 Å². The van der Waals surface area contributed by atoms with Crippen LogP contribution in [0.25, 0.3) is 0 Å². The monoisotopic (exact) mass is 262 g/mol. The Balaban J connectivity index is 1.93. The van der Waals surface area contributed by atoms with Gasteiger partial charge in [0, 0.05) is 31.2 Å². The van der Waals surface area contributed by atoms with Crippen molar-refractivity contribution in [1.82, 2.24) is 10.2 Å². The lowest BCUT2D eigenvalue weighted by molar-refractivity contribution is 0.284. The van der Waals surface area contributed by atoms with E-state index in [2.05, 4.69) is 50.1 Å². The summed E-state index contributed by atoms with van der Waals surface area (Å²) in [4.78, 5) is 2.48. The van der Waals surface area contributed by atoms with Gasteiger partial charge in [0.25, 0.3) is 0 Å². The Morgan fingerprint density at radius 3 is 2.79 bits per heavy atom. The van der Waals surface area contributed by atoms with Gasteiger partial charge in [-0.3, -0.25) is 4.90 Å². The first-order valence-corrected chi connectivity index (χ1v) is 7.24. The van der Waals surface area contributed by atoms with Crippen LogP contribution in [-0.4, -0.2) is 24.0 Å². The highest BCUT2D eigenvalue weighted by Gasteiger charge is 2.14. The van der Waals surface area contributed by atoms with Gasteiger partial charge in [0.2, 0.25) is 0 Å². The molecule has 2 heterocycles. The number of hydrogen-bond donors (Lipinski definition) is 1. The number of nitrogens with zero attached hydrogens (tertiary/aromatic N) is 1. The van der Waals surface area contributed by atoms with Crippen molar-refractivity contribution in [1.29, 1.82) is 0 Å². The lowest BCUT2D eigenvalue weighted by Crippen LogP contribution is -2.27. The molecule has 1 aromatic rings. The maximum atomic E-state index is 5.82. The van der Waals surface area contributed by atoms with Gasteiger partial charge in [0.1, 0.15) is 11.5 Å². The third-order valence-electron chi connectivity index (χ3n) is 3.67. The maximum absolute atomic E-state index is 5.82. The van der Waals surface area contributed by atoms with Gasteiger partial charge >= 0.3 is 0 Å². The Morgan fingerprint density at radius 2 is 2.16 bits per heavy atom. The first-order valence-electron chi connectivity index (χ1n) is 7.24. The van der Waals surface area contributed by atoms with Crippen LogP contribution < -0.4 is 5.32 Å². The van der Waals surface area contributed by atoms with Crippen molar-refractivity contribution in [2.45, 2.75) is 53.2 Å². The van der Waals surface area contributed by atoms with Crippen molar-refractivity contribution in [3.8, 4) is 0 Å². The van der Waals surface area contributed by atoms with E-state index in [4.69, 9.17) is 4.42 Å². The van der Waals surface area contributed by atoms with Gasteiger partial charge in [-0.05, 0) is 26.3 Å². The summed E-state index contributed by atoms with van der Waals surface area (Å²) in [5, 5.41) is 3.39. The van der Waals surface area contributed by atoms with E-state index >= 15 is 0 Å². The summed E-state index contributed by atoms with van der Waals surface area (Å²) in [7, 11) is 0. The number of rotatable bonds is 5. The van der Waals surface area contributed by atoms with Gasteiger partial charge in [0.15, 0.2) is 0 Å². The third-order valence-corrected chi connectivity index (χ3v) is 3.67. The van der Waals surface area contributed by atoms with Crippen molar-refractivity contribution in [3.05, 3.63) is 34.8 Å². The molecular formula is C16H26N2O. The van der Waals surface area contributed by atoms with E-state index in [9.17, 15) is 0 Å². The van der Waals surface area contributed by atoms with E-state index in [1.54, 1.807) is 0 Å². The molecular weight excluding hydrogens is 236 g/mol. The minimum Gasteiger partial charge on any atom is -0.465 e. The summed E-state index contributed by atoms with van der Waals surface area (Å²) < 4.78 is 5.82. The minimum absolute atomic E-state index is 0.490. The van der Waals surface area contributed by atoms with Crippen molar-refractivity contribution in [3.63, 3.8) is 0 Å². The van der Waals surface area contributed by atoms with E-state index in [-0.39, 0.29) is 0 Å². The fourth-order valence-electron chi connectivity index (χ4n) is 2.33. The van der Waals surface area contributed by atoms with E-state index in [1.807, 2.05) is 0 Å². The fraction of sp³-hybridized carbons (Fsp3) is 0.625. The average Bonchev–Trinajstić information content (AvgIpc) is 2.71. The van der Waals surface area contributed by atoms with Crippen molar-refractivity contribution < 1.29 is 4.42 Å². The van der Waals surface area contributed by atoms with Crippen LogP contribution in [0.15, 0.2) is 22.1 Å². The molecule has 0 atom stereocenters. The molecule has 0 radical (unpaired) electrons. The molecule has 0 unspecified atom stereocenters. The highest BCUT2D eigenvalue weighted by atomic mass is 16.3. The van der Waals surface area contributed by atoms with Crippen LogP contribution in [0.4, 0.5) is 0 Å². The Hall–Kier alpha value is -1.06. The lowest BCUT2D eigenvalue weighted by atomic mass is 10.1. The van der Waals surface area contributed by atoms with Crippen molar-refractivity contribution in [2.24, 2.45) is 0 Å². The Kier molecular flexibility index (Phi) is 4.83. The smallest absolute Gasteiger partial charge is 0.118 e. The zero-order valence-electron chi connectivity index (χ0n) is 12.6. The first-order chi connectivity index (χ1) is 9.04. The molecule has 0 saturated carbocycles.